The van der Waals surface area contributed by atoms with Gasteiger partial charge < -0.3 is 9.80 Å². The van der Waals surface area contributed by atoms with Gasteiger partial charge in [0.15, 0.2) is 0 Å². The number of carbonyl (C=O) groups excluding carboxylic acids is 2. The third-order valence-corrected chi connectivity index (χ3v) is 8.09. The number of para-hydroxylation sites is 1. The molecule has 1 saturated heterocycles. The number of carbonyl (C=O) groups is 2. The molecule has 7 nitrogen and oxygen atoms in total. The van der Waals surface area contributed by atoms with Crippen molar-refractivity contribution in [1.82, 2.24) is 14.9 Å². The van der Waals surface area contributed by atoms with Gasteiger partial charge in [0.1, 0.15) is 0 Å². The van der Waals surface area contributed by atoms with Gasteiger partial charge in [-0.15, -0.1) is 0 Å². The van der Waals surface area contributed by atoms with E-state index in [1.807, 2.05) is 48.5 Å². The Morgan fingerprint density at radius 2 is 1.55 bits per heavy atom. The number of hydrogen-bond acceptors (Lipinski definition) is 5. The van der Waals surface area contributed by atoms with Gasteiger partial charge in [-0.25, -0.2) is 0 Å². The van der Waals surface area contributed by atoms with E-state index in [9.17, 15) is 22.8 Å². The fourth-order valence-corrected chi connectivity index (χ4v) is 5.88. The molecule has 2 aromatic heterocycles. The summed E-state index contributed by atoms with van der Waals surface area (Å²) >= 11 is 0. The molecule has 6 rings (SSSR count). The zero-order chi connectivity index (χ0) is 31.2. The molecule has 10 heteroatoms. The normalized spacial score (nSPS) is 13.9. The van der Waals surface area contributed by atoms with Gasteiger partial charge in [-0.05, 0) is 60.5 Å². The number of hydrogen-bond donors (Lipinski definition) is 0. The van der Waals surface area contributed by atoms with E-state index in [0.717, 1.165) is 28.1 Å². The van der Waals surface area contributed by atoms with Crippen LogP contribution in [0.25, 0.3) is 32.9 Å². The molecule has 0 bridgehead atoms. The minimum absolute atomic E-state index is 0.0235. The monoisotopic (exact) mass is 597 g/mol. The Kier molecular flexibility index (Phi) is 7.44. The van der Waals surface area contributed by atoms with Crippen molar-refractivity contribution in [3.8, 4) is 11.1 Å². The maximum atomic E-state index is 14.5. The van der Waals surface area contributed by atoms with E-state index < -0.39 is 17.6 Å². The van der Waals surface area contributed by atoms with Crippen molar-refractivity contribution in [1.29, 1.82) is 0 Å². The molecule has 224 valence electrons. The van der Waals surface area contributed by atoms with Gasteiger partial charge in [-0.3, -0.25) is 24.5 Å². The van der Waals surface area contributed by atoms with E-state index in [2.05, 4.69) is 9.97 Å². The lowest BCUT2D eigenvalue weighted by molar-refractivity contribution is -0.137. The van der Waals surface area contributed by atoms with Crippen molar-refractivity contribution in [3.63, 3.8) is 0 Å². The number of halogens is 3. The van der Waals surface area contributed by atoms with E-state index in [4.69, 9.17) is 0 Å². The summed E-state index contributed by atoms with van der Waals surface area (Å²) in [6.07, 6.45) is -1.27. The van der Waals surface area contributed by atoms with Crippen molar-refractivity contribution >= 4 is 50.7 Å². The number of benzene rings is 3. The molecule has 1 aliphatic rings. The fraction of sp³-hybridized carbons (Fsp3) is 0.235. The molecule has 0 aliphatic carbocycles. The minimum atomic E-state index is -4.67. The molecule has 0 unspecified atom stereocenters. The number of anilines is 3. The van der Waals surface area contributed by atoms with Gasteiger partial charge >= 0.3 is 6.18 Å². The second-order valence-corrected chi connectivity index (χ2v) is 11.0. The van der Waals surface area contributed by atoms with Gasteiger partial charge in [0, 0.05) is 80.1 Å². The molecule has 2 amide bonds. The number of aromatic nitrogens is 2. The van der Waals surface area contributed by atoms with Gasteiger partial charge in [-0.1, -0.05) is 24.3 Å². The average molecular weight is 598 g/mol. The maximum Gasteiger partial charge on any atom is 0.418 e. The number of rotatable bonds is 4. The summed E-state index contributed by atoms with van der Waals surface area (Å²) < 4.78 is 43.6. The summed E-state index contributed by atoms with van der Waals surface area (Å²) in [5.41, 5.74) is 3.56. The van der Waals surface area contributed by atoms with Crippen LogP contribution in [-0.4, -0.2) is 52.9 Å². The van der Waals surface area contributed by atoms with Crippen LogP contribution in [0.3, 0.4) is 0 Å². The molecule has 0 saturated carbocycles. The number of fused-ring (bicyclic) bond motifs is 2. The first-order valence-corrected chi connectivity index (χ1v) is 14.3. The van der Waals surface area contributed by atoms with E-state index in [-0.39, 0.29) is 30.4 Å². The molecule has 0 radical (unpaired) electrons. The highest BCUT2D eigenvalue weighted by molar-refractivity contribution is 6.09. The molecule has 0 atom stereocenters. The Balaban J connectivity index is 1.46. The Morgan fingerprint density at radius 3 is 2.25 bits per heavy atom. The van der Waals surface area contributed by atoms with E-state index in [1.165, 1.54) is 24.8 Å². The highest BCUT2D eigenvalue weighted by atomic mass is 19.4. The lowest BCUT2D eigenvalue weighted by Crippen LogP contribution is -2.48. The minimum Gasteiger partial charge on any atom is -0.367 e. The summed E-state index contributed by atoms with van der Waals surface area (Å²) in [7, 11) is 0. The molecule has 44 heavy (non-hydrogen) atoms. The van der Waals surface area contributed by atoms with Crippen LogP contribution in [0.5, 0.6) is 0 Å². The first kappa shape index (κ1) is 29.1. The van der Waals surface area contributed by atoms with Gasteiger partial charge in [0.2, 0.25) is 11.8 Å². The highest BCUT2D eigenvalue weighted by Gasteiger charge is 2.37. The summed E-state index contributed by atoms with van der Waals surface area (Å²) in [5, 5.41) is 1.60. The van der Waals surface area contributed by atoms with Crippen molar-refractivity contribution < 1.29 is 22.8 Å². The Hall–Kier alpha value is -4.99. The van der Waals surface area contributed by atoms with Crippen LogP contribution in [0.4, 0.5) is 30.2 Å². The zero-order valence-corrected chi connectivity index (χ0v) is 24.5. The molecule has 3 heterocycles. The Bertz CT molecular complexity index is 1920. The quantitative estimate of drug-likeness (QED) is 0.221. The molecule has 1 aliphatic heterocycles. The summed E-state index contributed by atoms with van der Waals surface area (Å²) in [4.78, 5) is 38.7. The van der Waals surface area contributed by atoms with Crippen LogP contribution in [0.15, 0.2) is 79.1 Å². The lowest BCUT2D eigenvalue weighted by Gasteiger charge is -2.37. The van der Waals surface area contributed by atoms with Gasteiger partial charge in [0.05, 0.1) is 22.3 Å². The molecule has 5 aromatic rings. The van der Waals surface area contributed by atoms with Crippen LogP contribution >= 0.6 is 0 Å². The molecule has 3 aromatic carbocycles. The predicted octanol–water partition coefficient (Wildman–Crippen LogP) is 7.13. The molecular formula is C34H30F3N5O2. The zero-order valence-electron chi connectivity index (χ0n) is 24.5. The first-order chi connectivity index (χ1) is 21.0. The van der Waals surface area contributed by atoms with Crippen LogP contribution in [0, 0.1) is 6.92 Å². The largest absolute Gasteiger partial charge is 0.418 e. The molecule has 1 fully saturated rings. The number of pyridine rings is 2. The van der Waals surface area contributed by atoms with Crippen molar-refractivity contribution in [3.05, 3.63) is 90.3 Å². The number of nitrogens with zero attached hydrogens (tertiary/aromatic N) is 5. The average Bonchev–Trinajstić information content (AvgIpc) is 3.01. The van der Waals surface area contributed by atoms with E-state index >= 15 is 0 Å². The second kappa shape index (κ2) is 11.3. The maximum absolute atomic E-state index is 14.5. The summed E-state index contributed by atoms with van der Waals surface area (Å²) in [6, 6.07) is 19.5. The van der Waals surface area contributed by atoms with E-state index in [1.54, 1.807) is 35.2 Å². The number of amides is 2. The fourth-order valence-electron chi connectivity index (χ4n) is 5.88. The van der Waals surface area contributed by atoms with Crippen LogP contribution in [-0.2, 0) is 15.8 Å². The topological polar surface area (TPSA) is 69.6 Å². The smallest absolute Gasteiger partial charge is 0.367 e. The predicted molar refractivity (Wildman–Crippen MR) is 166 cm³/mol. The number of alkyl halides is 3. The molecule has 0 N–H and O–H groups in total. The van der Waals surface area contributed by atoms with Crippen LogP contribution in [0.1, 0.15) is 25.0 Å². The van der Waals surface area contributed by atoms with Crippen molar-refractivity contribution in [2.75, 3.05) is 36.0 Å². The van der Waals surface area contributed by atoms with E-state index in [0.29, 0.717) is 35.2 Å². The first-order valence-electron chi connectivity index (χ1n) is 14.3. The Morgan fingerprint density at radius 1 is 0.818 bits per heavy atom. The standard InChI is InChI=1S/C34H30F3N5O2/c1-21-19-38-31-10-8-24(26-16-25-6-4-5-7-30(25)39-20-26)17-28(31)33(21)42(23(3)44)27-9-11-32(29(18-27)34(35,36)37)41-14-12-40(13-15-41)22(2)43/h4-11,16-20H,12-15H2,1-3H3. The highest BCUT2D eigenvalue weighted by Crippen LogP contribution is 2.43. The molecule has 0 spiro atoms. The van der Waals surface area contributed by atoms with Crippen molar-refractivity contribution in [2.45, 2.75) is 26.9 Å². The number of piperazine rings is 1. The number of aryl methyl sites for hydroxylation is 1. The molecular weight excluding hydrogens is 567 g/mol. The third-order valence-electron chi connectivity index (χ3n) is 8.09. The SMILES string of the molecule is CC(=O)N1CCN(c2ccc(N(C(C)=O)c3c(C)cnc4ccc(-c5cnc6ccccc6c5)cc34)cc2C(F)(F)F)CC1. The van der Waals surface area contributed by atoms with Gasteiger partial charge in [0.25, 0.3) is 0 Å². The van der Waals surface area contributed by atoms with Gasteiger partial charge in [-0.2, -0.15) is 13.2 Å². The lowest BCUT2D eigenvalue weighted by atomic mass is 10.00. The summed E-state index contributed by atoms with van der Waals surface area (Å²) in [6.45, 7) is 5.81. The second-order valence-electron chi connectivity index (χ2n) is 11.0. The van der Waals surface area contributed by atoms with Crippen LogP contribution < -0.4 is 9.80 Å². The third kappa shape index (κ3) is 5.43. The van der Waals surface area contributed by atoms with Crippen molar-refractivity contribution in [2.24, 2.45) is 0 Å². The van der Waals surface area contributed by atoms with Crippen LogP contribution in [0.2, 0.25) is 0 Å². The Labute approximate surface area is 252 Å². The summed E-state index contributed by atoms with van der Waals surface area (Å²) in [5.74, 6) is -0.539.